The molecule has 0 unspecified atom stereocenters. The van der Waals surface area contributed by atoms with Crippen molar-refractivity contribution in [3.63, 3.8) is 0 Å². The fraction of sp³-hybridized carbons (Fsp3) is 0.429. The summed E-state index contributed by atoms with van der Waals surface area (Å²) in [6, 6.07) is 4.89. The van der Waals surface area contributed by atoms with Crippen LogP contribution in [0.25, 0.3) is 0 Å². The third-order valence-electron chi connectivity index (χ3n) is 2.90. The summed E-state index contributed by atoms with van der Waals surface area (Å²) in [5.74, 6) is -0.0163. The molecule has 0 radical (unpaired) electrons. The number of nitrogens with two attached hydrogens (primary N) is 1. The second-order valence-electron chi connectivity index (χ2n) is 4.37. The van der Waals surface area contributed by atoms with Gasteiger partial charge < -0.3 is 20.1 Å². The molecular formula is C14H20N2O4. The van der Waals surface area contributed by atoms with E-state index in [9.17, 15) is 9.59 Å². The molecule has 6 nitrogen and oxygen atoms in total. The van der Waals surface area contributed by atoms with Gasteiger partial charge in [0, 0.05) is 31.8 Å². The van der Waals surface area contributed by atoms with Crippen LogP contribution in [0.15, 0.2) is 18.2 Å². The quantitative estimate of drug-likeness (QED) is 0.627. The van der Waals surface area contributed by atoms with E-state index in [-0.39, 0.29) is 18.3 Å². The molecule has 0 aliphatic carbocycles. The molecule has 1 rings (SSSR count). The zero-order valence-electron chi connectivity index (χ0n) is 12.0. The van der Waals surface area contributed by atoms with Crippen LogP contribution in [0.2, 0.25) is 0 Å². The lowest BCUT2D eigenvalue weighted by Gasteiger charge is -2.18. The molecule has 0 saturated heterocycles. The number of hydrogen-bond donors (Lipinski definition) is 1. The fourth-order valence-electron chi connectivity index (χ4n) is 1.75. The van der Waals surface area contributed by atoms with Crippen LogP contribution >= 0.6 is 0 Å². The van der Waals surface area contributed by atoms with Crippen LogP contribution in [0.4, 0.5) is 5.69 Å². The van der Waals surface area contributed by atoms with E-state index in [1.807, 2.05) is 0 Å². The number of carbonyl (C=O) groups is 2. The Labute approximate surface area is 118 Å². The minimum absolute atomic E-state index is 0.174. The molecule has 1 aromatic carbocycles. The van der Waals surface area contributed by atoms with Gasteiger partial charge in [-0.05, 0) is 18.6 Å². The van der Waals surface area contributed by atoms with Crippen LogP contribution in [0.5, 0.6) is 5.75 Å². The predicted octanol–water partition coefficient (Wildman–Crippen LogP) is 1.30. The van der Waals surface area contributed by atoms with Gasteiger partial charge >= 0.3 is 5.97 Å². The van der Waals surface area contributed by atoms with Crippen molar-refractivity contribution in [3.8, 4) is 5.75 Å². The standard InChI is InChI=1S/C14H20N2O4/c1-16(8-4-5-13(17)20-3)14(18)11-7-6-10(15)9-12(11)19-2/h6-7,9H,4-5,8,15H2,1-3H3. The lowest BCUT2D eigenvalue weighted by Crippen LogP contribution is -2.28. The lowest BCUT2D eigenvalue weighted by molar-refractivity contribution is -0.140. The van der Waals surface area contributed by atoms with Gasteiger partial charge in [0.2, 0.25) is 0 Å². The molecule has 6 heteroatoms. The first-order valence-corrected chi connectivity index (χ1v) is 6.25. The largest absolute Gasteiger partial charge is 0.496 e. The van der Waals surface area contributed by atoms with Gasteiger partial charge in [-0.15, -0.1) is 0 Å². The van der Waals surface area contributed by atoms with Crippen molar-refractivity contribution in [2.75, 3.05) is 33.5 Å². The van der Waals surface area contributed by atoms with E-state index < -0.39 is 0 Å². The zero-order valence-corrected chi connectivity index (χ0v) is 12.0. The third-order valence-corrected chi connectivity index (χ3v) is 2.90. The first-order chi connectivity index (χ1) is 9.49. The molecule has 20 heavy (non-hydrogen) atoms. The molecule has 1 amide bonds. The molecule has 110 valence electrons. The number of nitrogen functional groups attached to an aromatic ring is 1. The summed E-state index contributed by atoms with van der Waals surface area (Å²) >= 11 is 0. The van der Waals surface area contributed by atoms with Crippen molar-refractivity contribution < 1.29 is 19.1 Å². The summed E-state index contributed by atoms with van der Waals surface area (Å²) in [6.07, 6.45) is 0.833. The fourth-order valence-corrected chi connectivity index (χ4v) is 1.75. The second kappa shape index (κ2) is 7.37. The highest BCUT2D eigenvalue weighted by Crippen LogP contribution is 2.22. The number of amides is 1. The molecule has 0 aromatic heterocycles. The number of rotatable bonds is 6. The van der Waals surface area contributed by atoms with E-state index in [1.54, 1.807) is 25.2 Å². The topological polar surface area (TPSA) is 81.9 Å². The van der Waals surface area contributed by atoms with Crippen molar-refractivity contribution in [2.24, 2.45) is 0 Å². The van der Waals surface area contributed by atoms with Gasteiger partial charge in [-0.1, -0.05) is 0 Å². The maximum absolute atomic E-state index is 12.3. The number of carbonyl (C=O) groups excluding carboxylic acids is 2. The van der Waals surface area contributed by atoms with Crippen LogP contribution in [0.3, 0.4) is 0 Å². The first kappa shape index (κ1) is 15.8. The normalized spacial score (nSPS) is 9.95. The molecule has 2 N–H and O–H groups in total. The number of anilines is 1. The first-order valence-electron chi connectivity index (χ1n) is 6.25. The number of hydrogen-bond acceptors (Lipinski definition) is 5. The number of ether oxygens (including phenoxy) is 2. The van der Waals surface area contributed by atoms with E-state index in [1.165, 1.54) is 19.1 Å². The summed E-state index contributed by atoms with van der Waals surface area (Å²) in [5.41, 5.74) is 6.63. The van der Waals surface area contributed by atoms with Crippen molar-refractivity contribution >= 4 is 17.6 Å². The van der Waals surface area contributed by atoms with Crippen LogP contribution in [-0.2, 0) is 9.53 Å². The average Bonchev–Trinajstić information content (AvgIpc) is 2.45. The van der Waals surface area contributed by atoms with E-state index in [0.717, 1.165) is 0 Å². The minimum Gasteiger partial charge on any atom is -0.496 e. The maximum Gasteiger partial charge on any atom is 0.305 e. The second-order valence-corrected chi connectivity index (χ2v) is 4.37. The third kappa shape index (κ3) is 4.15. The van der Waals surface area contributed by atoms with Gasteiger partial charge in [0.25, 0.3) is 5.91 Å². The zero-order chi connectivity index (χ0) is 15.1. The number of benzene rings is 1. The molecule has 0 atom stereocenters. The Morgan fingerprint density at radius 2 is 2.00 bits per heavy atom. The van der Waals surface area contributed by atoms with E-state index in [0.29, 0.717) is 30.0 Å². The number of methoxy groups -OCH3 is 2. The number of nitrogens with zero attached hydrogens (tertiary/aromatic N) is 1. The lowest BCUT2D eigenvalue weighted by atomic mass is 10.1. The summed E-state index contributed by atoms with van der Waals surface area (Å²) in [4.78, 5) is 24.8. The van der Waals surface area contributed by atoms with Crippen LogP contribution in [0.1, 0.15) is 23.2 Å². The monoisotopic (exact) mass is 280 g/mol. The van der Waals surface area contributed by atoms with Crippen LogP contribution < -0.4 is 10.5 Å². The van der Waals surface area contributed by atoms with Gasteiger partial charge in [-0.2, -0.15) is 0 Å². The van der Waals surface area contributed by atoms with Gasteiger partial charge in [-0.25, -0.2) is 0 Å². The molecular weight excluding hydrogens is 260 g/mol. The molecule has 0 fully saturated rings. The van der Waals surface area contributed by atoms with Gasteiger partial charge in [0.15, 0.2) is 0 Å². The van der Waals surface area contributed by atoms with Crippen molar-refractivity contribution in [2.45, 2.75) is 12.8 Å². The molecule has 0 heterocycles. The minimum atomic E-state index is -0.282. The maximum atomic E-state index is 12.3. The molecule has 0 saturated carbocycles. The van der Waals surface area contributed by atoms with Gasteiger partial charge in [0.05, 0.1) is 19.8 Å². The highest BCUT2D eigenvalue weighted by molar-refractivity contribution is 5.97. The average molecular weight is 280 g/mol. The van der Waals surface area contributed by atoms with Crippen LogP contribution in [-0.4, -0.2) is 44.6 Å². The Kier molecular flexibility index (Phi) is 5.83. The van der Waals surface area contributed by atoms with Crippen molar-refractivity contribution in [3.05, 3.63) is 23.8 Å². The highest BCUT2D eigenvalue weighted by Gasteiger charge is 2.16. The summed E-state index contributed by atoms with van der Waals surface area (Å²) < 4.78 is 9.71. The molecule has 0 bridgehead atoms. The summed E-state index contributed by atoms with van der Waals surface area (Å²) in [5, 5.41) is 0. The Balaban J connectivity index is 2.67. The summed E-state index contributed by atoms with van der Waals surface area (Å²) in [6.45, 7) is 0.460. The Bertz CT molecular complexity index is 488. The molecule has 0 aliphatic heterocycles. The highest BCUT2D eigenvalue weighted by atomic mass is 16.5. The Morgan fingerprint density at radius 3 is 2.60 bits per heavy atom. The predicted molar refractivity (Wildman–Crippen MR) is 75.6 cm³/mol. The molecule has 1 aromatic rings. The van der Waals surface area contributed by atoms with Gasteiger partial charge in [-0.3, -0.25) is 9.59 Å². The Morgan fingerprint density at radius 1 is 1.30 bits per heavy atom. The summed E-state index contributed by atoms with van der Waals surface area (Å²) in [7, 11) is 4.51. The van der Waals surface area contributed by atoms with E-state index in [4.69, 9.17) is 10.5 Å². The van der Waals surface area contributed by atoms with E-state index >= 15 is 0 Å². The Hall–Kier alpha value is -2.24. The van der Waals surface area contributed by atoms with Crippen molar-refractivity contribution in [1.29, 1.82) is 0 Å². The molecule has 0 aliphatic rings. The van der Waals surface area contributed by atoms with Gasteiger partial charge in [0.1, 0.15) is 5.75 Å². The van der Waals surface area contributed by atoms with Crippen LogP contribution in [0, 0.1) is 0 Å². The molecule has 0 spiro atoms. The SMILES string of the molecule is COC(=O)CCCN(C)C(=O)c1ccc(N)cc1OC. The number of esters is 1. The smallest absolute Gasteiger partial charge is 0.305 e. The van der Waals surface area contributed by atoms with Crippen molar-refractivity contribution in [1.82, 2.24) is 4.90 Å². The van der Waals surface area contributed by atoms with E-state index in [2.05, 4.69) is 4.74 Å².